The van der Waals surface area contributed by atoms with Gasteiger partial charge in [0.2, 0.25) is 0 Å². The maximum absolute atomic E-state index is 12.0. The fourth-order valence-electron chi connectivity index (χ4n) is 1.59. The van der Waals surface area contributed by atoms with Crippen molar-refractivity contribution in [1.82, 2.24) is 20.0 Å². The number of alkyl halides is 3. The minimum Gasteiger partial charge on any atom is -0.366 e. The van der Waals surface area contributed by atoms with Gasteiger partial charge in [0.15, 0.2) is 0 Å². The van der Waals surface area contributed by atoms with Gasteiger partial charge in [0.25, 0.3) is 5.91 Å². The molecule has 2 heterocycles. The number of halogens is 3. The highest BCUT2D eigenvalue weighted by Gasteiger charge is 2.27. The molecule has 10 heteroatoms. The van der Waals surface area contributed by atoms with Crippen molar-refractivity contribution in [2.24, 2.45) is 7.05 Å². The summed E-state index contributed by atoms with van der Waals surface area (Å²) in [6, 6.07) is 2.92. The van der Waals surface area contributed by atoms with E-state index in [-0.39, 0.29) is 18.0 Å². The summed E-state index contributed by atoms with van der Waals surface area (Å²) in [6.45, 7) is -1.69. The van der Waals surface area contributed by atoms with Crippen LogP contribution in [0.25, 0.3) is 0 Å². The van der Waals surface area contributed by atoms with Crippen LogP contribution in [0.4, 0.5) is 19.0 Å². The quantitative estimate of drug-likeness (QED) is 0.876. The molecule has 0 saturated carbocycles. The molecule has 1 amide bonds. The fraction of sp³-hybridized carbons (Fsp3) is 0.364. The highest BCUT2D eigenvalue weighted by Crippen LogP contribution is 2.15. The fourth-order valence-corrected chi connectivity index (χ4v) is 1.59. The zero-order valence-electron chi connectivity index (χ0n) is 10.9. The molecule has 0 aromatic carbocycles. The summed E-state index contributed by atoms with van der Waals surface area (Å²) in [4.78, 5) is 11.9. The lowest BCUT2D eigenvalue weighted by molar-refractivity contribution is -0.176. The highest BCUT2D eigenvalue weighted by molar-refractivity contribution is 6.02. The number of nitrogens with one attached hydrogen (secondary N) is 2. The Morgan fingerprint density at radius 1 is 1.52 bits per heavy atom. The Kier molecular flexibility index (Phi) is 4.26. The Morgan fingerprint density at radius 3 is 2.90 bits per heavy atom. The third-order valence-electron chi connectivity index (χ3n) is 2.43. The van der Waals surface area contributed by atoms with E-state index in [9.17, 15) is 18.0 Å². The van der Waals surface area contributed by atoms with E-state index in [0.29, 0.717) is 5.82 Å². The van der Waals surface area contributed by atoms with E-state index in [4.69, 9.17) is 0 Å². The second kappa shape index (κ2) is 5.95. The maximum Gasteiger partial charge on any atom is 0.411 e. The topological polar surface area (TPSA) is 84.8 Å². The molecule has 7 nitrogen and oxygen atoms in total. The number of aromatic nitrogens is 4. The van der Waals surface area contributed by atoms with Gasteiger partial charge in [-0.25, -0.2) is 0 Å². The number of aryl methyl sites for hydroxylation is 1. The monoisotopic (exact) mass is 303 g/mol. The Morgan fingerprint density at radius 2 is 2.29 bits per heavy atom. The molecule has 0 fully saturated rings. The smallest absolute Gasteiger partial charge is 0.366 e. The van der Waals surface area contributed by atoms with Crippen molar-refractivity contribution in [3.05, 3.63) is 29.7 Å². The van der Waals surface area contributed by atoms with Gasteiger partial charge < -0.3 is 10.1 Å². The van der Waals surface area contributed by atoms with Crippen molar-refractivity contribution in [2.45, 2.75) is 12.8 Å². The van der Waals surface area contributed by atoms with Gasteiger partial charge in [-0.3, -0.25) is 14.6 Å². The molecule has 0 unspecified atom stereocenters. The predicted molar refractivity (Wildman–Crippen MR) is 65.5 cm³/mol. The summed E-state index contributed by atoms with van der Waals surface area (Å²) in [5.74, 6) is -0.0626. The standard InChI is InChI=1S/C11H12F3N5O2/c1-19-8(10(20)16-9-2-3-15-17-9)4-7(18-19)5-21-6-11(12,13)14/h2-4H,5-6H2,1H3,(H2,15,16,17,20). The van der Waals surface area contributed by atoms with Gasteiger partial charge in [-0.1, -0.05) is 0 Å². The SMILES string of the molecule is Cn1nc(COCC(F)(F)F)cc1C(=O)Nc1ccn[nH]1. The lowest BCUT2D eigenvalue weighted by Crippen LogP contribution is -2.16. The number of nitrogens with zero attached hydrogens (tertiary/aromatic N) is 3. The summed E-state index contributed by atoms with van der Waals surface area (Å²) in [5, 5.41) is 12.7. The number of hydrogen-bond donors (Lipinski definition) is 2. The number of rotatable bonds is 5. The van der Waals surface area contributed by atoms with Gasteiger partial charge >= 0.3 is 6.18 Å². The van der Waals surface area contributed by atoms with Crippen molar-refractivity contribution >= 4 is 11.7 Å². The van der Waals surface area contributed by atoms with Crippen LogP contribution >= 0.6 is 0 Å². The summed E-state index contributed by atoms with van der Waals surface area (Å²) in [5.41, 5.74) is 0.423. The van der Waals surface area contributed by atoms with Gasteiger partial charge in [0.05, 0.1) is 18.5 Å². The first-order valence-corrected chi connectivity index (χ1v) is 5.83. The number of carbonyl (C=O) groups is 1. The van der Waals surface area contributed by atoms with E-state index in [1.807, 2.05) is 0 Å². The van der Waals surface area contributed by atoms with Gasteiger partial charge in [-0.05, 0) is 6.07 Å². The van der Waals surface area contributed by atoms with Crippen LogP contribution < -0.4 is 5.32 Å². The number of aromatic amines is 1. The number of ether oxygens (including phenoxy) is 1. The second-order valence-electron chi connectivity index (χ2n) is 4.18. The molecule has 0 spiro atoms. The van der Waals surface area contributed by atoms with E-state index >= 15 is 0 Å². The van der Waals surface area contributed by atoms with E-state index in [1.165, 1.54) is 24.0 Å². The minimum atomic E-state index is -4.39. The summed E-state index contributed by atoms with van der Waals surface area (Å²) in [7, 11) is 1.51. The van der Waals surface area contributed by atoms with Gasteiger partial charge in [0.1, 0.15) is 18.1 Å². The highest BCUT2D eigenvalue weighted by atomic mass is 19.4. The molecule has 0 aliphatic heterocycles. The average molecular weight is 303 g/mol. The first kappa shape index (κ1) is 15.0. The van der Waals surface area contributed by atoms with E-state index < -0.39 is 18.7 Å². The molecule has 2 N–H and O–H groups in total. The van der Waals surface area contributed by atoms with Crippen LogP contribution in [0.2, 0.25) is 0 Å². The third-order valence-corrected chi connectivity index (χ3v) is 2.43. The van der Waals surface area contributed by atoms with Crippen molar-refractivity contribution in [1.29, 1.82) is 0 Å². The van der Waals surface area contributed by atoms with Crippen LogP contribution in [0.1, 0.15) is 16.2 Å². The lowest BCUT2D eigenvalue weighted by Gasteiger charge is -2.05. The molecule has 0 bridgehead atoms. The predicted octanol–water partition coefficient (Wildman–Crippen LogP) is 1.47. The van der Waals surface area contributed by atoms with Crippen LogP contribution in [0.3, 0.4) is 0 Å². The normalized spacial score (nSPS) is 11.6. The minimum absolute atomic E-state index is 0.190. The van der Waals surface area contributed by atoms with Gasteiger partial charge in [-0.15, -0.1) is 0 Å². The number of anilines is 1. The molecular formula is C11H12F3N5O2. The molecule has 0 radical (unpaired) electrons. The molecule has 2 aromatic heterocycles. The molecule has 0 aliphatic rings. The van der Waals surface area contributed by atoms with Crippen LogP contribution in [-0.2, 0) is 18.4 Å². The largest absolute Gasteiger partial charge is 0.411 e. The van der Waals surface area contributed by atoms with Crippen LogP contribution in [-0.4, -0.2) is 38.7 Å². The van der Waals surface area contributed by atoms with Gasteiger partial charge in [0, 0.05) is 13.1 Å². The molecule has 0 atom stereocenters. The van der Waals surface area contributed by atoms with Gasteiger partial charge in [-0.2, -0.15) is 23.4 Å². The van der Waals surface area contributed by atoms with Crippen molar-refractivity contribution in [3.63, 3.8) is 0 Å². The van der Waals surface area contributed by atoms with E-state index in [1.54, 1.807) is 6.07 Å². The van der Waals surface area contributed by atoms with Crippen molar-refractivity contribution in [3.8, 4) is 0 Å². The Balaban J connectivity index is 1.97. The summed E-state index contributed by atoms with van der Waals surface area (Å²) in [6.07, 6.45) is -2.93. The zero-order chi connectivity index (χ0) is 15.5. The molecule has 0 saturated heterocycles. The lowest BCUT2D eigenvalue weighted by atomic mass is 10.3. The Hall–Kier alpha value is -2.36. The number of amides is 1. The zero-order valence-corrected chi connectivity index (χ0v) is 10.9. The Bertz CT molecular complexity index is 606. The average Bonchev–Trinajstić information content (AvgIpc) is 2.97. The van der Waals surface area contributed by atoms with Crippen molar-refractivity contribution < 1.29 is 22.7 Å². The molecule has 114 valence electrons. The number of hydrogen-bond acceptors (Lipinski definition) is 4. The molecule has 2 aromatic rings. The molecular weight excluding hydrogens is 291 g/mol. The van der Waals surface area contributed by atoms with Crippen LogP contribution in [0, 0.1) is 0 Å². The van der Waals surface area contributed by atoms with Crippen LogP contribution in [0.5, 0.6) is 0 Å². The Labute approximate surface area is 117 Å². The summed E-state index contributed by atoms with van der Waals surface area (Å²) < 4.78 is 41.6. The number of H-pyrrole nitrogens is 1. The van der Waals surface area contributed by atoms with Crippen LogP contribution in [0.15, 0.2) is 18.3 Å². The van der Waals surface area contributed by atoms with E-state index in [0.717, 1.165) is 0 Å². The van der Waals surface area contributed by atoms with Crippen molar-refractivity contribution in [2.75, 3.05) is 11.9 Å². The first-order chi connectivity index (χ1) is 9.85. The third kappa shape index (κ3) is 4.31. The second-order valence-corrected chi connectivity index (χ2v) is 4.18. The maximum atomic E-state index is 12.0. The first-order valence-electron chi connectivity index (χ1n) is 5.83. The molecule has 2 rings (SSSR count). The summed E-state index contributed by atoms with van der Waals surface area (Å²) >= 11 is 0. The van der Waals surface area contributed by atoms with E-state index in [2.05, 4.69) is 25.3 Å². The number of carbonyl (C=O) groups excluding carboxylic acids is 1. The molecule has 21 heavy (non-hydrogen) atoms. The molecule has 0 aliphatic carbocycles.